The highest BCUT2D eigenvalue weighted by Gasteiger charge is 2.11. The molecule has 0 fully saturated rings. The average molecular weight is 483 g/mol. The predicted octanol–water partition coefficient (Wildman–Crippen LogP) is 3.52. The van der Waals surface area contributed by atoms with Crippen LogP contribution < -0.4 is 10.6 Å². The number of halogens is 1. The van der Waals surface area contributed by atoms with E-state index in [2.05, 4.69) is 10.6 Å². The molecule has 0 aromatic heterocycles. The third kappa shape index (κ3) is 23.7. The number of carbonyl (C=O) groups excluding carboxylic acids is 2. The minimum atomic E-state index is -1.17. The summed E-state index contributed by atoms with van der Waals surface area (Å²) in [6, 6.07) is 0. The van der Waals surface area contributed by atoms with Gasteiger partial charge in [-0.15, -0.1) is 0 Å². The van der Waals surface area contributed by atoms with Crippen molar-refractivity contribution in [3.05, 3.63) is 0 Å². The Morgan fingerprint density at radius 2 is 1.36 bits per heavy atom. The van der Waals surface area contributed by atoms with Gasteiger partial charge in [0, 0.05) is 35.1 Å². The normalized spacial score (nSPS) is 12.3. The van der Waals surface area contributed by atoms with Crippen molar-refractivity contribution in [1.29, 1.82) is 0 Å². The molecule has 2 N–H and O–H groups in total. The molecule has 0 aliphatic rings. The van der Waals surface area contributed by atoms with Gasteiger partial charge in [-0.25, -0.2) is 4.39 Å². The molecule has 0 aliphatic heterocycles. The van der Waals surface area contributed by atoms with Crippen LogP contribution in [0, 0.1) is 5.92 Å². The Morgan fingerprint density at radius 3 is 1.94 bits per heavy atom. The number of unbranched alkanes of at least 4 members (excludes halogenated alkanes) is 4. The summed E-state index contributed by atoms with van der Waals surface area (Å²) in [5, 5.41) is 5.40. The summed E-state index contributed by atoms with van der Waals surface area (Å²) in [5.74, 6) is -0.352. The molecule has 9 heteroatoms. The number of hydrogen-bond donors (Lipinski definition) is 2. The molecular formula is C24H51FN2O6. The van der Waals surface area contributed by atoms with E-state index in [1.807, 2.05) is 13.8 Å². The van der Waals surface area contributed by atoms with Crippen LogP contribution in [-0.2, 0) is 28.5 Å². The van der Waals surface area contributed by atoms with Crippen LogP contribution in [0.4, 0.5) is 4.39 Å². The van der Waals surface area contributed by atoms with Crippen LogP contribution in [0.25, 0.3) is 0 Å². The van der Waals surface area contributed by atoms with E-state index >= 15 is 0 Å². The first-order valence-corrected chi connectivity index (χ1v) is 12.4. The number of alkyl halides is 1. The van der Waals surface area contributed by atoms with Gasteiger partial charge in [0.15, 0.2) is 0 Å². The molecule has 0 saturated heterocycles. The zero-order valence-corrected chi connectivity index (χ0v) is 21.2. The van der Waals surface area contributed by atoms with E-state index in [1.54, 1.807) is 13.8 Å². The lowest BCUT2D eigenvalue weighted by molar-refractivity contribution is -0.127. The predicted molar refractivity (Wildman–Crippen MR) is 131 cm³/mol. The number of rotatable bonds is 23. The highest BCUT2D eigenvalue weighted by Crippen LogP contribution is 2.00. The second-order valence-corrected chi connectivity index (χ2v) is 8.63. The molecule has 0 aliphatic carbocycles. The summed E-state index contributed by atoms with van der Waals surface area (Å²) in [6.07, 6.45) is 4.53. The Kier molecular flexibility index (Phi) is 21.6. The van der Waals surface area contributed by atoms with E-state index in [-0.39, 0.29) is 46.4 Å². The number of amides is 2. The van der Waals surface area contributed by atoms with Crippen LogP contribution >= 0.6 is 0 Å². The van der Waals surface area contributed by atoms with Crippen LogP contribution in [0.3, 0.4) is 0 Å². The second kappa shape index (κ2) is 22.5. The number of ether oxygens (including phenoxy) is 4. The largest absolute Gasteiger partial charge is 0.379 e. The standard InChI is InChI=1S/C24H47FN2O6.2H2/c1-20(2)24(29)27-17-22(25)18-32-14-10-6-9-13-31-16-15-30-12-8-5-7-11-26-23(28)19-33-21(3)4;;/h20-22H,5-19H2,1-4H3,(H,26,28)(H,27,29);2*1H. The Morgan fingerprint density at radius 1 is 0.788 bits per heavy atom. The summed E-state index contributed by atoms with van der Waals surface area (Å²) in [7, 11) is 0. The van der Waals surface area contributed by atoms with Gasteiger partial charge in [-0.1, -0.05) is 13.8 Å². The zero-order chi connectivity index (χ0) is 24.7. The highest BCUT2D eigenvalue weighted by molar-refractivity contribution is 5.77. The number of hydrogen-bond acceptors (Lipinski definition) is 6. The van der Waals surface area contributed by atoms with E-state index in [1.165, 1.54) is 0 Å². The SMILES string of the molecule is CC(C)OCC(=O)NCCCCCOCCOCCCCCOCC(F)CNC(=O)C(C)C.[HH].[HH]. The maximum absolute atomic E-state index is 13.6. The molecule has 0 aromatic carbocycles. The van der Waals surface area contributed by atoms with Crippen molar-refractivity contribution in [3.8, 4) is 0 Å². The first-order valence-electron chi connectivity index (χ1n) is 12.4. The topological polar surface area (TPSA) is 95.1 Å². The van der Waals surface area contributed by atoms with Crippen LogP contribution in [0.5, 0.6) is 0 Å². The molecular weight excluding hydrogens is 431 g/mol. The van der Waals surface area contributed by atoms with Gasteiger partial charge >= 0.3 is 0 Å². The summed E-state index contributed by atoms with van der Waals surface area (Å²) in [5.41, 5.74) is 0. The Labute approximate surface area is 202 Å². The molecule has 2 amide bonds. The summed E-state index contributed by atoms with van der Waals surface area (Å²) in [6.45, 7) is 11.2. The third-order valence-corrected chi connectivity index (χ3v) is 4.61. The molecule has 0 spiro atoms. The molecule has 0 heterocycles. The fourth-order valence-corrected chi connectivity index (χ4v) is 2.62. The molecule has 33 heavy (non-hydrogen) atoms. The molecule has 0 saturated carbocycles. The molecule has 8 nitrogen and oxygen atoms in total. The first kappa shape index (κ1) is 31.7. The third-order valence-electron chi connectivity index (χ3n) is 4.61. The van der Waals surface area contributed by atoms with Crippen LogP contribution in [-0.4, -0.2) is 83.4 Å². The number of carbonyl (C=O) groups is 2. The van der Waals surface area contributed by atoms with Crippen molar-refractivity contribution in [2.45, 2.75) is 78.5 Å². The average Bonchev–Trinajstić information content (AvgIpc) is 2.77. The van der Waals surface area contributed by atoms with Crippen LogP contribution in [0.2, 0.25) is 0 Å². The molecule has 0 rings (SSSR count). The molecule has 0 radical (unpaired) electrons. The van der Waals surface area contributed by atoms with Crippen LogP contribution in [0.1, 0.15) is 69.1 Å². The van der Waals surface area contributed by atoms with Gasteiger partial charge in [-0.05, 0) is 52.4 Å². The molecule has 1 unspecified atom stereocenters. The number of nitrogens with one attached hydrogen (secondary N) is 2. The Bertz CT molecular complexity index is 491. The van der Waals surface area contributed by atoms with Gasteiger partial charge < -0.3 is 29.6 Å². The minimum Gasteiger partial charge on any atom is -0.379 e. The smallest absolute Gasteiger partial charge is 0.246 e. The van der Waals surface area contributed by atoms with Gasteiger partial charge in [0.2, 0.25) is 11.8 Å². The monoisotopic (exact) mass is 482 g/mol. The van der Waals surface area contributed by atoms with Crippen LogP contribution in [0.15, 0.2) is 0 Å². The van der Waals surface area contributed by atoms with Gasteiger partial charge in [0.25, 0.3) is 0 Å². The van der Waals surface area contributed by atoms with Crippen molar-refractivity contribution in [3.63, 3.8) is 0 Å². The quantitative estimate of drug-likeness (QED) is 0.216. The van der Waals surface area contributed by atoms with Gasteiger partial charge in [0.05, 0.1) is 32.5 Å². The molecule has 0 bridgehead atoms. The van der Waals surface area contributed by atoms with Crippen molar-refractivity contribution in [1.82, 2.24) is 10.6 Å². The van der Waals surface area contributed by atoms with E-state index in [9.17, 15) is 14.0 Å². The Hall–Kier alpha value is -1.29. The fraction of sp³-hybridized carbons (Fsp3) is 0.917. The van der Waals surface area contributed by atoms with Crippen molar-refractivity contribution in [2.75, 3.05) is 59.3 Å². The van der Waals surface area contributed by atoms with Crippen molar-refractivity contribution >= 4 is 11.8 Å². The maximum Gasteiger partial charge on any atom is 0.246 e. The Balaban J connectivity index is -0.00000512. The lowest BCUT2D eigenvalue weighted by atomic mass is 10.2. The lowest BCUT2D eigenvalue weighted by Crippen LogP contribution is -2.34. The summed E-state index contributed by atoms with van der Waals surface area (Å²) in [4.78, 5) is 22.8. The molecule has 1 atom stereocenters. The second-order valence-electron chi connectivity index (χ2n) is 8.63. The van der Waals surface area contributed by atoms with Gasteiger partial charge in [0.1, 0.15) is 12.8 Å². The van der Waals surface area contributed by atoms with E-state index in [0.29, 0.717) is 39.6 Å². The minimum absolute atomic E-state index is 0. The van der Waals surface area contributed by atoms with E-state index < -0.39 is 6.17 Å². The van der Waals surface area contributed by atoms with E-state index in [0.717, 1.165) is 38.5 Å². The van der Waals surface area contributed by atoms with Gasteiger partial charge in [-0.3, -0.25) is 9.59 Å². The van der Waals surface area contributed by atoms with E-state index in [4.69, 9.17) is 18.9 Å². The first-order chi connectivity index (χ1) is 15.8. The lowest BCUT2D eigenvalue weighted by Gasteiger charge is -2.12. The van der Waals surface area contributed by atoms with Gasteiger partial charge in [-0.2, -0.15) is 0 Å². The highest BCUT2D eigenvalue weighted by atomic mass is 19.1. The summed E-state index contributed by atoms with van der Waals surface area (Å²) >= 11 is 0. The van der Waals surface area contributed by atoms with Crippen molar-refractivity contribution < 1.29 is 35.8 Å². The fourth-order valence-electron chi connectivity index (χ4n) is 2.62. The van der Waals surface area contributed by atoms with Crippen molar-refractivity contribution in [2.24, 2.45) is 5.92 Å². The molecule has 200 valence electrons. The molecule has 0 aromatic rings. The zero-order valence-electron chi connectivity index (χ0n) is 21.2. The summed E-state index contributed by atoms with van der Waals surface area (Å²) < 4.78 is 35.2. The maximum atomic E-state index is 13.6.